The molecule has 0 aromatic carbocycles. The Balaban J connectivity index is 3.69. The van der Waals surface area contributed by atoms with Crippen LogP contribution in [0.15, 0.2) is 11.6 Å². The molecule has 0 bridgehead atoms. The average molecular weight is 257 g/mol. The molecule has 0 atom stereocenters. The Morgan fingerprint density at radius 3 is 2.33 bits per heavy atom. The van der Waals surface area contributed by atoms with E-state index in [-0.39, 0.29) is 25.5 Å². The van der Waals surface area contributed by atoms with Crippen molar-refractivity contribution in [1.29, 1.82) is 0 Å². The first-order valence-corrected chi connectivity index (χ1v) is 5.96. The molecule has 0 saturated heterocycles. The molecule has 104 valence electrons. The third-order valence-corrected chi connectivity index (χ3v) is 1.73. The topological polar surface area (TPSA) is 64.6 Å². The Bertz CT molecular complexity index is 311. The summed E-state index contributed by atoms with van der Waals surface area (Å²) in [5, 5.41) is 2.49. The summed E-state index contributed by atoms with van der Waals surface area (Å²) in [5.74, 6) is -0.344. The fourth-order valence-electron chi connectivity index (χ4n) is 0.954. The number of alkyl carbamates (subject to hydrolysis) is 1. The van der Waals surface area contributed by atoms with Crippen molar-refractivity contribution >= 4 is 12.1 Å². The van der Waals surface area contributed by atoms with Crippen molar-refractivity contribution in [3.63, 3.8) is 0 Å². The summed E-state index contributed by atoms with van der Waals surface area (Å²) < 4.78 is 9.95. The molecule has 0 fully saturated rings. The maximum atomic E-state index is 11.2. The fraction of sp³-hybridized carbons (Fsp3) is 0.692. The van der Waals surface area contributed by atoms with Crippen LogP contribution < -0.4 is 5.32 Å². The maximum absolute atomic E-state index is 11.2. The Hall–Kier alpha value is -1.52. The number of rotatable bonds is 5. The number of allylic oxidation sites excluding steroid dienone is 1. The van der Waals surface area contributed by atoms with Crippen molar-refractivity contribution in [1.82, 2.24) is 5.32 Å². The molecule has 0 radical (unpaired) electrons. The average Bonchev–Trinajstić information content (AvgIpc) is 2.13. The van der Waals surface area contributed by atoms with Gasteiger partial charge in [0.25, 0.3) is 0 Å². The van der Waals surface area contributed by atoms with E-state index in [2.05, 4.69) is 5.32 Å². The molecule has 0 aromatic rings. The van der Waals surface area contributed by atoms with Gasteiger partial charge in [-0.3, -0.25) is 4.79 Å². The highest BCUT2D eigenvalue weighted by molar-refractivity contribution is 5.72. The third kappa shape index (κ3) is 11.0. The van der Waals surface area contributed by atoms with Crippen LogP contribution in [0, 0.1) is 0 Å². The second-order valence-corrected chi connectivity index (χ2v) is 5.14. The van der Waals surface area contributed by atoms with E-state index in [1.54, 1.807) is 20.8 Å². The fourth-order valence-corrected chi connectivity index (χ4v) is 0.954. The van der Waals surface area contributed by atoms with E-state index >= 15 is 0 Å². The smallest absolute Gasteiger partial charge is 0.407 e. The van der Waals surface area contributed by atoms with Gasteiger partial charge in [0.05, 0.1) is 6.42 Å². The highest BCUT2D eigenvalue weighted by Gasteiger charge is 2.15. The number of ether oxygens (including phenoxy) is 2. The highest BCUT2D eigenvalue weighted by atomic mass is 16.6. The molecule has 0 heterocycles. The van der Waals surface area contributed by atoms with Gasteiger partial charge in [0.1, 0.15) is 12.2 Å². The van der Waals surface area contributed by atoms with Crippen molar-refractivity contribution in [3.05, 3.63) is 11.6 Å². The zero-order chi connectivity index (χ0) is 14.2. The molecule has 5 nitrogen and oxygen atoms in total. The number of nitrogens with one attached hydrogen (secondary N) is 1. The van der Waals surface area contributed by atoms with Gasteiger partial charge in [-0.25, -0.2) is 4.79 Å². The zero-order valence-electron chi connectivity index (χ0n) is 11.8. The Morgan fingerprint density at radius 1 is 1.22 bits per heavy atom. The summed E-state index contributed by atoms with van der Waals surface area (Å²) >= 11 is 0. The normalized spacial score (nSPS) is 10.5. The second-order valence-electron chi connectivity index (χ2n) is 5.14. The standard InChI is InChI=1S/C13H23NO4/c1-10(2)7-9-17-11(15)6-8-14-12(16)18-13(3,4)5/h7H,6,8-9H2,1-5H3,(H,14,16). The molecule has 0 saturated carbocycles. The van der Waals surface area contributed by atoms with Crippen LogP contribution in [0.25, 0.3) is 0 Å². The summed E-state index contributed by atoms with van der Waals surface area (Å²) in [7, 11) is 0. The minimum Gasteiger partial charge on any atom is -0.461 e. The summed E-state index contributed by atoms with van der Waals surface area (Å²) in [6.45, 7) is 9.67. The SMILES string of the molecule is CC(C)=CCOC(=O)CCNC(=O)OC(C)(C)C. The molecule has 0 aromatic heterocycles. The summed E-state index contributed by atoms with van der Waals surface area (Å²) in [5.41, 5.74) is 0.559. The van der Waals surface area contributed by atoms with E-state index in [1.165, 1.54) is 0 Å². The van der Waals surface area contributed by atoms with E-state index in [1.807, 2.05) is 19.9 Å². The monoisotopic (exact) mass is 257 g/mol. The molecule has 1 N–H and O–H groups in total. The van der Waals surface area contributed by atoms with Crippen molar-refractivity contribution in [3.8, 4) is 0 Å². The number of amides is 1. The van der Waals surface area contributed by atoms with Crippen LogP contribution >= 0.6 is 0 Å². The molecule has 1 amide bonds. The lowest BCUT2D eigenvalue weighted by Crippen LogP contribution is -2.33. The van der Waals surface area contributed by atoms with Crippen LogP contribution in [0.5, 0.6) is 0 Å². The third-order valence-electron chi connectivity index (χ3n) is 1.73. The first-order chi connectivity index (χ1) is 8.20. The van der Waals surface area contributed by atoms with Crippen LogP contribution in [0.1, 0.15) is 41.0 Å². The van der Waals surface area contributed by atoms with Crippen molar-refractivity contribution < 1.29 is 19.1 Å². The number of carbonyl (C=O) groups excluding carboxylic acids is 2. The molecular formula is C13H23NO4. The molecule has 0 spiro atoms. The first kappa shape index (κ1) is 16.5. The second kappa shape index (κ2) is 7.74. The van der Waals surface area contributed by atoms with E-state index in [0.29, 0.717) is 0 Å². The molecule has 0 rings (SSSR count). The van der Waals surface area contributed by atoms with Crippen molar-refractivity contribution in [2.75, 3.05) is 13.2 Å². The van der Waals surface area contributed by atoms with Gasteiger partial charge >= 0.3 is 12.1 Å². The van der Waals surface area contributed by atoms with E-state index < -0.39 is 11.7 Å². The summed E-state index contributed by atoms with van der Waals surface area (Å²) in [6.07, 6.45) is 1.43. The minimum atomic E-state index is -0.534. The van der Waals surface area contributed by atoms with Gasteiger partial charge in [0, 0.05) is 6.54 Å². The molecular weight excluding hydrogens is 234 g/mol. The molecule has 0 aliphatic carbocycles. The van der Waals surface area contributed by atoms with Gasteiger partial charge in [0.15, 0.2) is 0 Å². The van der Waals surface area contributed by atoms with Crippen LogP contribution in [-0.4, -0.2) is 30.8 Å². The summed E-state index contributed by atoms with van der Waals surface area (Å²) in [4.78, 5) is 22.5. The van der Waals surface area contributed by atoms with Gasteiger partial charge in [-0.05, 0) is 40.7 Å². The molecule has 5 heteroatoms. The molecule has 18 heavy (non-hydrogen) atoms. The van der Waals surface area contributed by atoms with Gasteiger partial charge in [-0.1, -0.05) is 5.57 Å². The Morgan fingerprint density at radius 2 is 1.83 bits per heavy atom. The lowest BCUT2D eigenvalue weighted by Gasteiger charge is -2.19. The Labute approximate surface area is 109 Å². The van der Waals surface area contributed by atoms with Gasteiger partial charge in [-0.2, -0.15) is 0 Å². The van der Waals surface area contributed by atoms with E-state index in [0.717, 1.165) is 5.57 Å². The lowest BCUT2D eigenvalue weighted by molar-refractivity contribution is -0.142. The zero-order valence-corrected chi connectivity index (χ0v) is 11.8. The van der Waals surface area contributed by atoms with E-state index in [4.69, 9.17) is 9.47 Å². The van der Waals surface area contributed by atoms with Gasteiger partial charge in [0.2, 0.25) is 0 Å². The predicted molar refractivity (Wildman–Crippen MR) is 69.2 cm³/mol. The molecule has 0 aliphatic rings. The largest absolute Gasteiger partial charge is 0.461 e. The van der Waals surface area contributed by atoms with Crippen LogP contribution in [0.4, 0.5) is 4.79 Å². The van der Waals surface area contributed by atoms with Crippen LogP contribution in [0.3, 0.4) is 0 Å². The molecule has 0 aliphatic heterocycles. The number of hydrogen-bond donors (Lipinski definition) is 1. The quantitative estimate of drug-likeness (QED) is 0.606. The van der Waals surface area contributed by atoms with Gasteiger partial charge < -0.3 is 14.8 Å². The van der Waals surface area contributed by atoms with Crippen molar-refractivity contribution in [2.45, 2.75) is 46.6 Å². The lowest BCUT2D eigenvalue weighted by atomic mass is 10.2. The highest BCUT2D eigenvalue weighted by Crippen LogP contribution is 2.06. The van der Waals surface area contributed by atoms with Crippen LogP contribution in [0.2, 0.25) is 0 Å². The predicted octanol–water partition coefficient (Wildman–Crippen LogP) is 2.41. The first-order valence-electron chi connectivity index (χ1n) is 5.96. The van der Waals surface area contributed by atoms with Crippen LogP contribution in [-0.2, 0) is 14.3 Å². The minimum absolute atomic E-state index is 0.135. The number of hydrogen-bond acceptors (Lipinski definition) is 4. The number of carbonyl (C=O) groups is 2. The van der Waals surface area contributed by atoms with Gasteiger partial charge in [-0.15, -0.1) is 0 Å². The summed E-state index contributed by atoms with van der Waals surface area (Å²) in [6, 6.07) is 0. The molecule has 0 unspecified atom stereocenters. The van der Waals surface area contributed by atoms with Crippen molar-refractivity contribution in [2.24, 2.45) is 0 Å². The van der Waals surface area contributed by atoms with E-state index in [9.17, 15) is 9.59 Å². The maximum Gasteiger partial charge on any atom is 0.407 e. The Kier molecular flexibility index (Phi) is 7.08. The number of esters is 1.